The van der Waals surface area contributed by atoms with E-state index >= 15 is 0 Å². The maximum absolute atomic E-state index is 11.8. The van der Waals surface area contributed by atoms with Crippen LogP contribution in [0.4, 0.5) is 4.79 Å². The van der Waals surface area contributed by atoms with E-state index < -0.39 is 0 Å². The molecule has 0 atom stereocenters. The van der Waals surface area contributed by atoms with E-state index in [0.717, 1.165) is 38.5 Å². The minimum absolute atomic E-state index is 0.0347. The lowest BCUT2D eigenvalue weighted by Gasteiger charge is -2.42. The number of carbonyl (C=O) groups is 2. The van der Waals surface area contributed by atoms with Crippen molar-refractivity contribution in [2.45, 2.75) is 82.8 Å². The van der Waals surface area contributed by atoms with Gasteiger partial charge in [-0.05, 0) is 38.5 Å². The van der Waals surface area contributed by atoms with E-state index in [1.54, 1.807) is 6.92 Å². The molecule has 0 bridgehead atoms. The van der Waals surface area contributed by atoms with Crippen molar-refractivity contribution in [1.82, 2.24) is 10.2 Å². The Bertz CT molecular complexity index is 345. The molecule has 0 aliphatic heterocycles. The predicted octanol–water partition coefficient (Wildman–Crippen LogP) is 2.15. The molecule has 0 saturated heterocycles. The summed E-state index contributed by atoms with van der Waals surface area (Å²) in [5, 5.41) is 2.98. The van der Waals surface area contributed by atoms with Crippen molar-refractivity contribution in [2.24, 2.45) is 5.73 Å². The number of nitrogens with one attached hydrogen (secondary N) is 1. The first-order chi connectivity index (χ1) is 9.58. The van der Waals surface area contributed by atoms with Crippen LogP contribution in [-0.4, -0.2) is 35.0 Å². The molecule has 20 heavy (non-hydrogen) atoms. The zero-order chi connectivity index (χ0) is 14.5. The number of hydrogen-bond acceptors (Lipinski definition) is 2. The number of hydrogen-bond donors (Lipinski definition) is 2. The van der Waals surface area contributed by atoms with Gasteiger partial charge in [0.25, 0.3) is 0 Å². The summed E-state index contributed by atoms with van der Waals surface area (Å²) in [6.07, 6.45) is 9.66. The number of carbonyl (C=O) groups excluding carboxylic acids is 2. The molecule has 2 rings (SSSR count). The predicted molar refractivity (Wildman–Crippen MR) is 78.2 cm³/mol. The maximum atomic E-state index is 11.8. The van der Waals surface area contributed by atoms with Gasteiger partial charge in [0, 0.05) is 25.0 Å². The van der Waals surface area contributed by atoms with Gasteiger partial charge < -0.3 is 16.0 Å². The van der Waals surface area contributed by atoms with Gasteiger partial charge >= 0.3 is 6.03 Å². The van der Waals surface area contributed by atoms with Gasteiger partial charge in [-0.1, -0.05) is 19.3 Å². The second kappa shape index (κ2) is 6.95. The van der Waals surface area contributed by atoms with Gasteiger partial charge in [-0.2, -0.15) is 0 Å². The van der Waals surface area contributed by atoms with Crippen LogP contribution in [0.3, 0.4) is 0 Å². The monoisotopic (exact) mass is 281 g/mol. The van der Waals surface area contributed by atoms with Crippen molar-refractivity contribution in [2.75, 3.05) is 0 Å². The number of nitrogens with two attached hydrogens (primary N) is 1. The minimum Gasteiger partial charge on any atom is -0.354 e. The molecule has 3 N–H and O–H groups in total. The van der Waals surface area contributed by atoms with E-state index in [9.17, 15) is 9.59 Å². The zero-order valence-electron chi connectivity index (χ0n) is 12.4. The van der Waals surface area contributed by atoms with Crippen molar-refractivity contribution in [3.63, 3.8) is 0 Å². The van der Waals surface area contributed by atoms with E-state index in [4.69, 9.17) is 5.73 Å². The lowest BCUT2D eigenvalue weighted by molar-refractivity contribution is -0.119. The topological polar surface area (TPSA) is 75.4 Å². The fraction of sp³-hybridized carbons (Fsp3) is 0.867. The lowest BCUT2D eigenvalue weighted by atomic mass is 9.87. The highest BCUT2D eigenvalue weighted by molar-refractivity contribution is 5.73. The molecule has 2 aliphatic carbocycles. The molecule has 5 nitrogen and oxygen atoms in total. The van der Waals surface area contributed by atoms with Crippen LogP contribution in [0.2, 0.25) is 0 Å². The van der Waals surface area contributed by atoms with E-state index in [1.807, 2.05) is 4.90 Å². The van der Waals surface area contributed by atoms with Gasteiger partial charge in [0.05, 0.1) is 0 Å². The van der Waals surface area contributed by atoms with E-state index in [0.29, 0.717) is 6.04 Å². The van der Waals surface area contributed by atoms with Crippen molar-refractivity contribution in [3.05, 3.63) is 0 Å². The Labute approximate surface area is 121 Å². The van der Waals surface area contributed by atoms with Crippen LogP contribution in [-0.2, 0) is 4.79 Å². The molecule has 0 heterocycles. The number of rotatable bonds is 3. The van der Waals surface area contributed by atoms with Crippen molar-refractivity contribution < 1.29 is 9.59 Å². The summed E-state index contributed by atoms with van der Waals surface area (Å²) in [7, 11) is 0. The van der Waals surface area contributed by atoms with Crippen LogP contribution in [0, 0.1) is 0 Å². The number of amides is 3. The maximum Gasteiger partial charge on any atom is 0.315 e. The third-order valence-corrected chi connectivity index (χ3v) is 4.72. The Morgan fingerprint density at radius 1 is 0.950 bits per heavy atom. The Morgan fingerprint density at radius 3 is 2.00 bits per heavy atom. The average molecular weight is 281 g/mol. The molecule has 114 valence electrons. The summed E-state index contributed by atoms with van der Waals surface area (Å²) in [4.78, 5) is 24.9. The molecule has 5 heteroatoms. The average Bonchev–Trinajstić information content (AvgIpc) is 2.41. The first-order valence-corrected chi connectivity index (χ1v) is 7.93. The molecule has 0 aromatic carbocycles. The normalized spacial score (nSPS) is 27.9. The van der Waals surface area contributed by atoms with E-state index in [-0.39, 0.29) is 24.0 Å². The van der Waals surface area contributed by atoms with Crippen LogP contribution in [0.25, 0.3) is 0 Å². The Kier molecular flexibility index (Phi) is 5.26. The molecule has 2 aliphatic rings. The molecule has 0 spiro atoms. The molecular formula is C15H27N3O2. The molecule has 2 fully saturated rings. The van der Waals surface area contributed by atoms with Crippen molar-refractivity contribution in [1.29, 1.82) is 0 Å². The number of nitrogens with zero attached hydrogens (tertiary/aromatic N) is 1. The summed E-state index contributed by atoms with van der Waals surface area (Å²) in [5.74, 6) is 0.0347. The number of urea groups is 1. The lowest BCUT2D eigenvalue weighted by Crippen LogP contribution is -2.52. The summed E-state index contributed by atoms with van der Waals surface area (Å²) in [6.45, 7) is 1.56. The van der Waals surface area contributed by atoms with Crippen LogP contribution in [0.1, 0.15) is 64.7 Å². The third kappa shape index (κ3) is 3.87. The largest absolute Gasteiger partial charge is 0.354 e. The quantitative estimate of drug-likeness (QED) is 0.831. The second-order valence-corrected chi connectivity index (χ2v) is 6.24. The molecule has 0 aromatic heterocycles. The smallest absolute Gasteiger partial charge is 0.315 e. The second-order valence-electron chi connectivity index (χ2n) is 6.24. The van der Waals surface area contributed by atoms with Crippen molar-refractivity contribution in [3.8, 4) is 0 Å². The molecule has 0 unspecified atom stereocenters. The SMILES string of the molecule is CC(=O)NC1CCC(N(C(N)=O)C2CCCCC2)CC1. The molecule has 0 radical (unpaired) electrons. The fourth-order valence-corrected chi connectivity index (χ4v) is 3.80. The van der Waals surface area contributed by atoms with Gasteiger partial charge in [-0.3, -0.25) is 4.79 Å². The van der Waals surface area contributed by atoms with Crippen LogP contribution in [0.5, 0.6) is 0 Å². The van der Waals surface area contributed by atoms with E-state index in [2.05, 4.69) is 5.32 Å². The highest BCUT2D eigenvalue weighted by Gasteiger charge is 2.33. The van der Waals surface area contributed by atoms with Gasteiger partial charge in [-0.25, -0.2) is 4.79 Å². The standard InChI is InChI=1S/C15H27N3O2/c1-11(19)17-12-7-9-14(10-8-12)18(15(16)20)13-5-3-2-4-6-13/h12-14H,2-10H2,1H3,(H2,16,20)(H,17,19). The summed E-state index contributed by atoms with van der Waals surface area (Å²) >= 11 is 0. The molecule has 0 aromatic rings. The Morgan fingerprint density at radius 2 is 1.50 bits per heavy atom. The Balaban J connectivity index is 1.91. The van der Waals surface area contributed by atoms with Crippen LogP contribution in [0.15, 0.2) is 0 Å². The fourth-order valence-electron chi connectivity index (χ4n) is 3.80. The van der Waals surface area contributed by atoms with Gasteiger partial charge in [0.15, 0.2) is 0 Å². The van der Waals surface area contributed by atoms with Crippen LogP contribution < -0.4 is 11.1 Å². The summed E-state index contributed by atoms with van der Waals surface area (Å²) in [6, 6.07) is 0.605. The van der Waals surface area contributed by atoms with Crippen molar-refractivity contribution >= 4 is 11.9 Å². The van der Waals surface area contributed by atoms with Crippen LogP contribution >= 0.6 is 0 Å². The first kappa shape index (κ1) is 15.1. The molecule has 3 amide bonds. The first-order valence-electron chi connectivity index (χ1n) is 7.93. The zero-order valence-corrected chi connectivity index (χ0v) is 12.4. The highest BCUT2D eigenvalue weighted by atomic mass is 16.2. The molecular weight excluding hydrogens is 254 g/mol. The third-order valence-electron chi connectivity index (χ3n) is 4.72. The number of primary amides is 1. The Hall–Kier alpha value is -1.26. The van der Waals surface area contributed by atoms with Gasteiger partial charge in [-0.15, -0.1) is 0 Å². The van der Waals surface area contributed by atoms with Gasteiger partial charge in [0.2, 0.25) is 5.91 Å². The highest BCUT2D eigenvalue weighted by Crippen LogP contribution is 2.30. The van der Waals surface area contributed by atoms with Gasteiger partial charge in [0.1, 0.15) is 0 Å². The van der Waals surface area contributed by atoms with E-state index in [1.165, 1.54) is 19.3 Å². The molecule has 2 saturated carbocycles. The minimum atomic E-state index is -0.264. The summed E-state index contributed by atoms with van der Waals surface area (Å²) < 4.78 is 0. The summed E-state index contributed by atoms with van der Waals surface area (Å²) in [5.41, 5.74) is 5.63.